The number of anilines is 1. The number of fused-ring (bicyclic) bond motifs is 1. The number of carbonyl (C=O) groups excluding carboxylic acids is 2. The molecule has 2 aromatic heterocycles. The minimum absolute atomic E-state index is 0.00483. The molecule has 3 heterocycles. The van der Waals surface area contributed by atoms with Crippen molar-refractivity contribution in [3.63, 3.8) is 0 Å². The second-order valence-electron chi connectivity index (χ2n) is 8.48. The van der Waals surface area contributed by atoms with Crippen LogP contribution in [-0.2, 0) is 12.8 Å². The van der Waals surface area contributed by atoms with Crippen molar-refractivity contribution in [2.24, 2.45) is 0 Å². The lowest BCUT2D eigenvalue weighted by Gasteiger charge is -2.32. The Bertz CT molecular complexity index is 1210. The van der Waals surface area contributed by atoms with Crippen LogP contribution < -0.4 is 10.9 Å². The predicted molar refractivity (Wildman–Crippen MR) is 120 cm³/mol. The van der Waals surface area contributed by atoms with E-state index >= 15 is 0 Å². The molecular weight excluding hydrogens is 406 g/mol. The van der Waals surface area contributed by atoms with E-state index in [9.17, 15) is 14.4 Å². The summed E-state index contributed by atoms with van der Waals surface area (Å²) < 4.78 is 0. The lowest BCUT2D eigenvalue weighted by atomic mass is 9.93. The number of aryl methyl sites for hydroxylation is 2. The normalized spacial score (nSPS) is 17.8. The number of likely N-dealkylation sites (tertiary alicyclic amines) is 1. The van der Waals surface area contributed by atoms with Crippen molar-refractivity contribution in [2.75, 3.05) is 18.4 Å². The van der Waals surface area contributed by atoms with Gasteiger partial charge in [0.1, 0.15) is 5.56 Å². The molecule has 1 atom stereocenters. The molecule has 0 saturated carbocycles. The van der Waals surface area contributed by atoms with Gasteiger partial charge < -0.3 is 15.2 Å². The van der Waals surface area contributed by atoms with Gasteiger partial charge in [0, 0.05) is 30.3 Å². The van der Waals surface area contributed by atoms with Crippen molar-refractivity contribution < 1.29 is 9.59 Å². The summed E-state index contributed by atoms with van der Waals surface area (Å²) in [5.74, 6) is -0.448. The first-order valence-electron chi connectivity index (χ1n) is 11.0. The number of aromatic amines is 2. The van der Waals surface area contributed by atoms with Gasteiger partial charge in [0.2, 0.25) is 0 Å². The maximum Gasteiger partial charge on any atom is 0.261 e. The smallest absolute Gasteiger partial charge is 0.261 e. The summed E-state index contributed by atoms with van der Waals surface area (Å²) >= 11 is 0. The van der Waals surface area contributed by atoms with Gasteiger partial charge in [0.25, 0.3) is 17.4 Å². The Labute approximate surface area is 185 Å². The third-order valence-electron chi connectivity index (χ3n) is 6.39. The number of nitrogens with zero attached hydrogens (tertiary/aromatic N) is 2. The first-order valence-corrected chi connectivity index (χ1v) is 11.0. The fraction of sp³-hybridized carbons (Fsp3) is 0.333. The van der Waals surface area contributed by atoms with Crippen LogP contribution >= 0.6 is 0 Å². The topological polar surface area (TPSA) is 111 Å². The molecule has 1 fully saturated rings. The molecule has 1 aliphatic carbocycles. The van der Waals surface area contributed by atoms with Crippen molar-refractivity contribution in [2.45, 2.75) is 38.0 Å². The number of hydrogen-bond donors (Lipinski definition) is 3. The number of piperidine rings is 1. The minimum atomic E-state index is -0.310. The first-order chi connectivity index (χ1) is 15.6. The van der Waals surface area contributed by atoms with E-state index in [1.54, 1.807) is 29.3 Å². The fourth-order valence-corrected chi connectivity index (χ4v) is 4.73. The van der Waals surface area contributed by atoms with E-state index in [0.717, 1.165) is 49.1 Å². The van der Waals surface area contributed by atoms with Gasteiger partial charge >= 0.3 is 0 Å². The van der Waals surface area contributed by atoms with Crippen molar-refractivity contribution in [3.05, 3.63) is 81.0 Å². The average Bonchev–Trinajstić information content (AvgIpc) is 3.47. The predicted octanol–water partition coefficient (Wildman–Crippen LogP) is 2.86. The Kier molecular flexibility index (Phi) is 5.34. The molecule has 3 N–H and O–H groups in total. The molecule has 0 radical (unpaired) electrons. The van der Waals surface area contributed by atoms with Gasteiger partial charge in [-0.2, -0.15) is 5.10 Å². The summed E-state index contributed by atoms with van der Waals surface area (Å²) in [5, 5.41) is 10.1. The van der Waals surface area contributed by atoms with E-state index in [1.165, 1.54) is 0 Å². The highest BCUT2D eigenvalue weighted by Crippen LogP contribution is 2.31. The molecule has 0 bridgehead atoms. The quantitative estimate of drug-likeness (QED) is 0.590. The highest BCUT2D eigenvalue weighted by Gasteiger charge is 2.30. The number of rotatable bonds is 4. The molecule has 164 valence electrons. The first kappa shape index (κ1) is 20.2. The van der Waals surface area contributed by atoms with Crippen LogP contribution in [0.1, 0.15) is 62.8 Å². The number of amides is 2. The van der Waals surface area contributed by atoms with E-state index in [4.69, 9.17) is 0 Å². The van der Waals surface area contributed by atoms with Gasteiger partial charge in [-0.25, -0.2) is 0 Å². The largest absolute Gasteiger partial charge is 0.338 e. The van der Waals surface area contributed by atoms with Crippen LogP contribution in [0, 0.1) is 0 Å². The zero-order valence-electron chi connectivity index (χ0n) is 17.7. The minimum Gasteiger partial charge on any atom is -0.338 e. The van der Waals surface area contributed by atoms with Crippen LogP contribution in [0.2, 0.25) is 0 Å². The van der Waals surface area contributed by atoms with Crippen LogP contribution in [0.4, 0.5) is 5.69 Å². The number of aromatic nitrogens is 3. The monoisotopic (exact) mass is 431 g/mol. The Morgan fingerprint density at radius 1 is 1.12 bits per heavy atom. The van der Waals surface area contributed by atoms with E-state index in [0.29, 0.717) is 24.3 Å². The van der Waals surface area contributed by atoms with Crippen LogP contribution in [-0.4, -0.2) is 45.0 Å². The molecule has 32 heavy (non-hydrogen) atoms. The molecule has 1 unspecified atom stereocenters. The number of pyridine rings is 1. The molecule has 5 rings (SSSR count). The number of nitrogens with one attached hydrogen (secondary N) is 3. The summed E-state index contributed by atoms with van der Waals surface area (Å²) in [5.41, 5.74) is 3.92. The Morgan fingerprint density at radius 3 is 2.81 bits per heavy atom. The fourth-order valence-electron chi connectivity index (χ4n) is 4.73. The zero-order valence-corrected chi connectivity index (χ0v) is 17.7. The molecule has 1 saturated heterocycles. The highest BCUT2D eigenvalue weighted by molar-refractivity contribution is 6.04. The second-order valence-corrected chi connectivity index (χ2v) is 8.48. The highest BCUT2D eigenvalue weighted by atomic mass is 16.2. The van der Waals surface area contributed by atoms with E-state index in [-0.39, 0.29) is 28.9 Å². The molecule has 1 aliphatic heterocycles. The summed E-state index contributed by atoms with van der Waals surface area (Å²) in [4.78, 5) is 42.9. The van der Waals surface area contributed by atoms with Gasteiger partial charge in [-0.05, 0) is 55.9 Å². The lowest BCUT2D eigenvalue weighted by Crippen LogP contribution is -2.41. The van der Waals surface area contributed by atoms with Crippen molar-refractivity contribution in [1.29, 1.82) is 0 Å². The second kappa shape index (κ2) is 8.45. The number of hydrogen-bond acceptors (Lipinski definition) is 4. The van der Waals surface area contributed by atoms with Crippen LogP contribution in [0.3, 0.4) is 0 Å². The van der Waals surface area contributed by atoms with Crippen molar-refractivity contribution in [1.82, 2.24) is 20.1 Å². The maximum absolute atomic E-state index is 13.2. The van der Waals surface area contributed by atoms with Crippen LogP contribution in [0.15, 0.2) is 47.4 Å². The molecule has 8 heteroatoms. The summed E-state index contributed by atoms with van der Waals surface area (Å²) in [6.45, 7) is 1.07. The molecule has 1 aromatic carbocycles. The van der Waals surface area contributed by atoms with Gasteiger partial charge in [0.15, 0.2) is 0 Å². The average molecular weight is 431 g/mol. The Hall–Kier alpha value is -3.68. The molecule has 8 nitrogen and oxygen atoms in total. The third kappa shape index (κ3) is 3.84. The Balaban J connectivity index is 1.33. The summed E-state index contributed by atoms with van der Waals surface area (Å²) in [6.07, 6.45) is 6.04. The standard InChI is InChI=1S/C24H25N5O3/c30-22(15-6-2-1-3-7-15)27-20-13-25-28-21(20)17-9-5-11-29(14-17)24(32)18-12-16-8-4-10-19(16)26-23(18)31/h1-3,6-7,12-13,17H,4-5,8-11,14H2,(H,25,28)(H,26,31)(H,27,30). The molecular formula is C24H25N5O3. The van der Waals surface area contributed by atoms with Crippen molar-refractivity contribution in [3.8, 4) is 0 Å². The maximum atomic E-state index is 13.2. The summed E-state index contributed by atoms with van der Waals surface area (Å²) in [6, 6.07) is 10.8. The zero-order chi connectivity index (χ0) is 22.1. The van der Waals surface area contributed by atoms with Crippen LogP contribution in [0.25, 0.3) is 0 Å². The molecule has 2 amide bonds. The number of benzene rings is 1. The van der Waals surface area contributed by atoms with E-state index in [2.05, 4.69) is 20.5 Å². The van der Waals surface area contributed by atoms with Gasteiger partial charge in [0.05, 0.1) is 17.6 Å². The molecule has 0 spiro atoms. The SMILES string of the molecule is O=C(Nc1cn[nH]c1C1CCCN(C(=O)c2cc3c([nH]c2=O)CCC3)C1)c1ccccc1. The van der Waals surface area contributed by atoms with Gasteiger partial charge in [-0.15, -0.1) is 0 Å². The number of carbonyl (C=O) groups is 2. The number of H-pyrrole nitrogens is 2. The van der Waals surface area contributed by atoms with Crippen molar-refractivity contribution >= 4 is 17.5 Å². The van der Waals surface area contributed by atoms with Gasteiger partial charge in [-0.3, -0.25) is 19.5 Å². The lowest BCUT2D eigenvalue weighted by molar-refractivity contribution is 0.0703. The molecule has 2 aliphatic rings. The van der Waals surface area contributed by atoms with Gasteiger partial charge in [-0.1, -0.05) is 18.2 Å². The van der Waals surface area contributed by atoms with E-state index < -0.39 is 0 Å². The molecule has 3 aromatic rings. The third-order valence-corrected chi connectivity index (χ3v) is 6.39. The Morgan fingerprint density at radius 2 is 1.97 bits per heavy atom. The van der Waals surface area contributed by atoms with E-state index in [1.807, 2.05) is 18.2 Å². The summed E-state index contributed by atoms with van der Waals surface area (Å²) in [7, 11) is 0. The van der Waals surface area contributed by atoms with Crippen LogP contribution in [0.5, 0.6) is 0 Å².